The van der Waals surface area contributed by atoms with Crippen LogP contribution in [0.15, 0.2) is 18.2 Å². The van der Waals surface area contributed by atoms with Crippen molar-refractivity contribution in [1.82, 2.24) is 14.8 Å². The number of urea groups is 1. The number of morpholine rings is 1. The van der Waals surface area contributed by atoms with Crippen LogP contribution in [0.5, 0.6) is 11.5 Å². The molecule has 2 amide bonds. The molecule has 2 aliphatic heterocycles. The molecule has 0 unspecified atom stereocenters. The van der Waals surface area contributed by atoms with Gasteiger partial charge in [-0.1, -0.05) is 0 Å². The quantitative estimate of drug-likeness (QED) is 0.758. The summed E-state index contributed by atoms with van der Waals surface area (Å²) in [5, 5.41) is 0.868. The lowest BCUT2D eigenvalue weighted by Crippen LogP contribution is -2.49. The molecule has 33 heavy (non-hydrogen) atoms. The van der Waals surface area contributed by atoms with E-state index in [9.17, 15) is 4.79 Å². The number of anilines is 2. The maximum atomic E-state index is 12.9. The molecule has 2 N–H and O–H groups in total. The van der Waals surface area contributed by atoms with Crippen molar-refractivity contribution >= 4 is 28.4 Å². The average Bonchev–Trinajstić information content (AvgIpc) is 3.07. The van der Waals surface area contributed by atoms with Gasteiger partial charge in [-0.15, -0.1) is 0 Å². The smallest absolute Gasteiger partial charge is 0.320 e. The molecular formula is C24H33N5O4. The molecule has 0 radical (unpaired) electrons. The monoisotopic (exact) mass is 455 g/mol. The van der Waals surface area contributed by atoms with Crippen LogP contribution in [-0.2, 0) is 4.74 Å². The molecule has 3 heterocycles. The number of hydrogen-bond donors (Lipinski definition) is 1. The Morgan fingerprint density at radius 2 is 1.79 bits per heavy atom. The van der Waals surface area contributed by atoms with E-state index in [1.165, 1.54) is 6.42 Å². The van der Waals surface area contributed by atoms with E-state index in [0.29, 0.717) is 50.8 Å². The van der Waals surface area contributed by atoms with Gasteiger partial charge in [0, 0.05) is 62.5 Å². The third-order valence-corrected chi connectivity index (χ3v) is 6.83. The summed E-state index contributed by atoms with van der Waals surface area (Å²) >= 11 is 0. The highest BCUT2D eigenvalue weighted by molar-refractivity contribution is 5.94. The SMILES string of the molecule is COc1cc2nc(N3CCCN(C(=O)N4CCOCC4)CC3)cc(N)c2cc1OC1CCC1. The first-order chi connectivity index (χ1) is 16.1. The van der Waals surface area contributed by atoms with Crippen molar-refractivity contribution in [1.29, 1.82) is 0 Å². The molecule has 178 valence electrons. The van der Waals surface area contributed by atoms with Crippen molar-refractivity contribution in [3.8, 4) is 11.5 Å². The lowest BCUT2D eigenvalue weighted by Gasteiger charge is -2.32. The summed E-state index contributed by atoms with van der Waals surface area (Å²) < 4.78 is 17.1. The molecule has 1 aliphatic carbocycles. The summed E-state index contributed by atoms with van der Waals surface area (Å²) in [6.45, 7) is 5.50. The van der Waals surface area contributed by atoms with Gasteiger partial charge in [-0.25, -0.2) is 9.78 Å². The Hall–Kier alpha value is -2.94. The van der Waals surface area contributed by atoms with E-state index < -0.39 is 0 Å². The number of carbonyl (C=O) groups excluding carboxylic acids is 1. The zero-order chi connectivity index (χ0) is 22.8. The van der Waals surface area contributed by atoms with Crippen LogP contribution in [0.3, 0.4) is 0 Å². The number of ether oxygens (including phenoxy) is 3. The van der Waals surface area contributed by atoms with Crippen molar-refractivity contribution < 1.29 is 19.0 Å². The zero-order valence-corrected chi connectivity index (χ0v) is 19.3. The first-order valence-corrected chi connectivity index (χ1v) is 11.9. The van der Waals surface area contributed by atoms with Crippen LogP contribution in [0.1, 0.15) is 25.7 Å². The van der Waals surface area contributed by atoms with Crippen LogP contribution in [-0.4, -0.2) is 86.5 Å². The molecule has 1 aromatic heterocycles. The number of methoxy groups -OCH3 is 1. The van der Waals surface area contributed by atoms with Gasteiger partial charge in [-0.2, -0.15) is 0 Å². The molecular weight excluding hydrogens is 422 g/mol. The lowest BCUT2D eigenvalue weighted by molar-refractivity contribution is 0.0438. The summed E-state index contributed by atoms with van der Waals surface area (Å²) in [5.74, 6) is 2.23. The average molecular weight is 456 g/mol. The fourth-order valence-corrected chi connectivity index (χ4v) is 4.62. The Bertz CT molecular complexity index is 1010. The molecule has 2 aromatic rings. The predicted octanol–water partition coefficient (Wildman–Crippen LogP) is 2.72. The van der Waals surface area contributed by atoms with Gasteiger partial charge in [0.2, 0.25) is 0 Å². The second-order valence-electron chi connectivity index (χ2n) is 8.97. The van der Waals surface area contributed by atoms with Gasteiger partial charge in [0.15, 0.2) is 11.5 Å². The standard InChI is InChI=1S/C24H33N5O4/c1-31-21-16-20-18(14-22(21)33-17-4-2-5-17)19(25)15-23(26-20)27-6-3-7-28(9-8-27)24(30)29-10-12-32-13-11-29/h14-17H,2-13H2,1H3,(H2,25,26). The van der Waals surface area contributed by atoms with E-state index in [4.69, 9.17) is 24.9 Å². The van der Waals surface area contributed by atoms with Crippen molar-refractivity contribution in [3.63, 3.8) is 0 Å². The van der Waals surface area contributed by atoms with Crippen LogP contribution in [0.2, 0.25) is 0 Å². The number of nitrogen functional groups attached to an aromatic ring is 1. The number of nitrogens with two attached hydrogens (primary N) is 1. The van der Waals surface area contributed by atoms with Gasteiger partial charge >= 0.3 is 6.03 Å². The fraction of sp³-hybridized carbons (Fsp3) is 0.583. The van der Waals surface area contributed by atoms with Crippen molar-refractivity contribution in [2.45, 2.75) is 31.8 Å². The molecule has 5 rings (SSSR count). The number of carbonyl (C=O) groups is 1. The Kier molecular flexibility index (Phi) is 6.30. The minimum absolute atomic E-state index is 0.106. The van der Waals surface area contributed by atoms with Gasteiger partial charge in [0.25, 0.3) is 0 Å². The molecule has 1 aromatic carbocycles. The van der Waals surface area contributed by atoms with Crippen LogP contribution in [0.25, 0.3) is 10.9 Å². The Balaban J connectivity index is 1.33. The highest BCUT2D eigenvalue weighted by Gasteiger charge is 2.26. The van der Waals surface area contributed by atoms with Crippen molar-refractivity contribution in [2.75, 3.05) is 70.2 Å². The summed E-state index contributed by atoms with van der Waals surface area (Å²) in [7, 11) is 1.65. The lowest BCUT2D eigenvalue weighted by atomic mass is 9.96. The van der Waals surface area contributed by atoms with Crippen molar-refractivity contribution in [2.24, 2.45) is 0 Å². The van der Waals surface area contributed by atoms with E-state index in [-0.39, 0.29) is 12.1 Å². The molecule has 9 heteroatoms. The minimum atomic E-state index is 0.106. The second kappa shape index (κ2) is 9.51. The van der Waals surface area contributed by atoms with Gasteiger partial charge in [-0.3, -0.25) is 0 Å². The number of aromatic nitrogens is 1. The van der Waals surface area contributed by atoms with E-state index in [1.54, 1.807) is 7.11 Å². The molecule has 0 atom stereocenters. The maximum Gasteiger partial charge on any atom is 0.320 e. The highest BCUT2D eigenvalue weighted by Crippen LogP contribution is 2.38. The van der Waals surface area contributed by atoms with E-state index in [1.807, 2.05) is 28.0 Å². The summed E-state index contributed by atoms with van der Waals surface area (Å²) in [6, 6.07) is 5.90. The fourth-order valence-electron chi connectivity index (χ4n) is 4.62. The van der Waals surface area contributed by atoms with Crippen LogP contribution in [0, 0.1) is 0 Å². The molecule has 9 nitrogen and oxygen atoms in total. The van der Waals surface area contributed by atoms with E-state index in [0.717, 1.165) is 54.8 Å². The number of benzene rings is 1. The first-order valence-electron chi connectivity index (χ1n) is 11.9. The van der Waals surface area contributed by atoms with Gasteiger partial charge in [-0.05, 0) is 31.7 Å². The van der Waals surface area contributed by atoms with Gasteiger partial charge in [0.1, 0.15) is 5.82 Å². The third-order valence-electron chi connectivity index (χ3n) is 6.83. The normalized spacial score (nSPS) is 19.8. The summed E-state index contributed by atoms with van der Waals surface area (Å²) in [4.78, 5) is 23.9. The molecule has 0 bridgehead atoms. The number of rotatable bonds is 4. The number of amides is 2. The molecule has 0 spiro atoms. The molecule has 3 aliphatic rings. The minimum Gasteiger partial charge on any atom is -0.493 e. The predicted molar refractivity (Wildman–Crippen MR) is 127 cm³/mol. The summed E-state index contributed by atoms with van der Waals surface area (Å²) in [5.41, 5.74) is 7.92. The largest absolute Gasteiger partial charge is 0.493 e. The second-order valence-corrected chi connectivity index (χ2v) is 8.97. The highest BCUT2D eigenvalue weighted by atomic mass is 16.5. The zero-order valence-electron chi connectivity index (χ0n) is 19.3. The first kappa shape index (κ1) is 21.9. The maximum absolute atomic E-state index is 12.9. The van der Waals surface area contributed by atoms with Crippen LogP contribution >= 0.6 is 0 Å². The third kappa shape index (κ3) is 4.59. The van der Waals surface area contributed by atoms with Crippen molar-refractivity contribution in [3.05, 3.63) is 18.2 Å². The number of pyridine rings is 1. The summed E-state index contributed by atoms with van der Waals surface area (Å²) in [6.07, 6.45) is 4.50. The molecule has 1 saturated carbocycles. The molecule has 3 fully saturated rings. The van der Waals surface area contributed by atoms with E-state index >= 15 is 0 Å². The van der Waals surface area contributed by atoms with Crippen LogP contribution < -0.4 is 20.1 Å². The molecule has 2 saturated heterocycles. The number of hydrogen-bond acceptors (Lipinski definition) is 7. The van der Waals surface area contributed by atoms with Crippen LogP contribution in [0.4, 0.5) is 16.3 Å². The topological polar surface area (TPSA) is 93.4 Å². The Morgan fingerprint density at radius 3 is 2.52 bits per heavy atom. The number of nitrogens with zero attached hydrogens (tertiary/aromatic N) is 4. The van der Waals surface area contributed by atoms with Gasteiger partial charge < -0.3 is 34.6 Å². The van der Waals surface area contributed by atoms with Gasteiger partial charge in [0.05, 0.1) is 31.9 Å². The Labute approximate surface area is 194 Å². The Morgan fingerprint density at radius 1 is 1.00 bits per heavy atom. The van der Waals surface area contributed by atoms with E-state index in [2.05, 4.69) is 4.90 Å². The number of fused-ring (bicyclic) bond motifs is 1.